The molecule has 3 aromatic heterocycles. The predicted octanol–water partition coefficient (Wildman–Crippen LogP) is 4.08. The molecule has 1 aliphatic heterocycles. The number of halogens is 2. The highest BCUT2D eigenvalue weighted by Crippen LogP contribution is 2.32. The van der Waals surface area contributed by atoms with Crippen LogP contribution < -0.4 is 10.6 Å². The number of hydrogen-bond donors (Lipinski definition) is 0. The fraction of sp³-hybridized carbons (Fsp3) is 0.179. The van der Waals surface area contributed by atoms with E-state index in [4.69, 9.17) is 4.42 Å². The molecule has 0 spiro atoms. The van der Waals surface area contributed by atoms with Gasteiger partial charge in [-0.05, 0) is 43.3 Å². The fourth-order valence-corrected chi connectivity index (χ4v) is 5.17. The minimum absolute atomic E-state index is 0.0122. The quantitative estimate of drug-likeness (QED) is 0.319. The SMILES string of the molecule is C=CC(=O)N1CCN(c2nc(=O)n3c4nc(c(F)cc24)c2c(F)cccc2oc2cccc(C#N)c23)C(C)C1. The number of carbonyl (C=O) groups excluding carboxylic acids is 1. The summed E-state index contributed by atoms with van der Waals surface area (Å²) in [5.74, 6) is -1.65. The van der Waals surface area contributed by atoms with E-state index in [1.807, 2.05) is 11.8 Å². The van der Waals surface area contributed by atoms with E-state index in [9.17, 15) is 14.9 Å². The summed E-state index contributed by atoms with van der Waals surface area (Å²) in [6.07, 6.45) is 1.24. The first kappa shape index (κ1) is 24.2. The van der Waals surface area contributed by atoms with Gasteiger partial charge in [0, 0.05) is 25.7 Å². The van der Waals surface area contributed by atoms with E-state index < -0.39 is 17.3 Å². The summed E-state index contributed by atoms with van der Waals surface area (Å²) in [4.78, 5) is 38.1. The Morgan fingerprint density at radius 1 is 1.15 bits per heavy atom. The lowest BCUT2D eigenvalue weighted by Crippen LogP contribution is -2.54. The van der Waals surface area contributed by atoms with Gasteiger partial charge >= 0.3 is 5.69 Å². The lowest BCUT2D eigenvalue weighted by Gasteiger charge is -2.40. The summed E-state index contributed by atoms with van der Waals surface area (Å²) in [5.41, 5.74) is -0.938. The highest BCUT2D eigenvalue weighted by molar-refractivity contribution is 5.99. The largest absolute Gasteiger partial charge is 0.454 e. The van der Waals surface area contributed by atoms with Gasteiger partial charge in [-0.15, -0.1) is 0 Å². The predicted molar refractivity (Wildman–Crippen MR) is 141 cm³/mol. The molecule has 4 heterocycles. The zero-order chi connectivity index (χ0) is 27.4. The lowest BCUT2D eigenvalue weighted by atomic mass is 10.1. The van der Waals surface area contributed by atoms with Crippen molar-refractivity contribution in [1.82, 2.24) is 19.3 Å². The monoisotopic (exact) mass is 526 g/mol. The number of benzene rings is 2. The van der Waals surface area contributed by atoms with Gasteiger partial charge in [-0.25, -0.2) is 23.0 Å². The molecule has 11 heteroatoms. The molecule has 0 radical (unpaired) electrons. The first-order valence-electron chi connectivity index (χ1n) is 12.1. The number of para-hydroxylation sites is 1. The minimum Gasteiger partial charge on any atom is -0.454 e. The van der Waals surface area contributed by atoms with Gasteiger partial charge in [0.15, 0.2) is 17.0 Å². The third-order valence-electron chi connectivity index (χ3n) is 6.96. The highest BCUT2D eigenvalue weighted by atomic mass is 19.1. The number of amides is 1. The number of nitriles is 1. The van der Waals surface area contributed by atoms with Crippen molar-refractivity contribution < 1.29 is 18.0 Å². The Kier molecular flexibility index (Phi) is 5.61. The van der Waals surface area contributed by atoms with Gasteiger partial charge in [-0.1, -0.05) is 18.7 Å². The molecule has 1 atom stereocenters. The average Bonchev–Trinajstić information content (AvgIpc) is 2.98. The van der Waals surface area contributed by atoms with E-state index in [1.54, 1.807) is 11.0 Å². The molecule has 0 aliphatic carbocycles. The second-order valence-corrected chi connectivity index (χ2v) is 9.25. The number of hydrogen-bond acceptors (Lipinski definition) is 7. The number of rotatable bonds is 2. The molecule has 0 N–H and O–H groups in total. The Hall–Kier alpha value is -5.11. The van der Waals surface area contributed by atoms with Crippen LogP contribution in [0.1, 0.15) is 12.5 Å². The third-order valence-corrected chi connectivity index (χ3v) is 6.96. The topological polar surface area (TPSA) is 108 Å². The van der Waals surface area contributed by atoms with Crippen molar-refractivity contribution in [2.45, 2.75) is 13.0 Å². The lowest BCUT2D eigenvalue weighted by molar-refractivity contribution is -0.126. The standard InChI is InChI=1S/C28H20F2N6O3/c1-3-22(37)34-10-11-35(15(2)14-34)26-17-12-19(30)24-23-18(29)7-5-8-20(23)39-21-9-4-6-16(13-31)25(21)36(27(17)32-24)28(38)33-26/h3-9,12,15H,1,10-11,14H2,2H3. The van der Waals surface area contributed by atoms with Crippen LogP contribution in [0.4, 0.5) is 14.6 Å². The number of piperazine rings is 1. The number of nitrogens with zero attached hydrogens (tertiary/aromatic N) is 6. The van der Waals surface area contributed by atoms with Gasteiger partial charge in [-0.3, -0.25) is 4.79 Å². The van der Waals surface area contributed by atoms with Crippen LogP contribution in [0, 0.1) is 23.0 Å². The molecule has 1 unspecified atom stereocenters. The number of fused-ring (bicyclic) bond motifs is 5. The van der Waals surface area contributed by atoms with Crippen molar-refractivity contribution in [1.29, 1.82) is 5.26 Å². The maximum Gasteiger partial charge on any atom is 0.356 e. The van der Waals surface area contributed by atoms with Crippen LogP contribution in [-0.2, 0) is 4.79 Å². The van der Waals surface area contributed by atoms with Crippen molar-refractivity contribution in [3.05, 3.63) is 82.8 Å². The molecule has 9 nitrogen and oxygen atoms in total. The van der Waals surface area contributed by atoms with E-state index in [1.165, 1.54) is 36.4 Å². The first-order chi connectivity index (χ1) is 18.8. The van der Waals surface area contributed by atoms with E-state index in [0.29, 0.717) is 19.6 Å². The Morgan fingerprint density at radius 3 is 2.67 bits per heavy atom. The molecular formula is C28H20F2N6O3. The Labute approximate surface area is 219 Å². The molecule has 5 aromatic rings. The summed E-state index contributed by atoms with van der Waals surface area (Å²) in [6, 6.07) is 11.6. The van der Waals surface area contributed by atoms with Gasteiger partial charge in [0.05, 0.1) is 16.3 Å². The van der Waals surface area contributed by atoms with Crippen molar-refractivity contribution in [3.63, 3.8) is 0 Å². The highest BCUT2D eigenvalue weighted by Gasteiger charge is 2.29. The molecular weight excluding hydrogens is 506 g/mol. The molecule has 1 fully saturated rings. The average molecular weight is 527 g/mol. The van der Waals surface area contributed by atoms with Gasteiger partial charge in [0.1, 0.15) is 34.3 Å². The van der Waals surface area contributed by atoms with Crippen LogP contribution in [0.25, 0.3) is 38.6 Å². The number of anilines is 1. The third kappa shape index (κ3) is 3.72. The molecule has 1 amide bonds. The number of aromatic nitrogens is 3. The van der Waals surface area contributed by atoms with Gasteiger partial charge in [-0.2, -0.15) is 10.2 Å². The molecule has 39 heavy (non-hydrogen) atoms. The zero-order valence-electron chi connectivity index (χ0n) is 20.7. The molecule has 2 bridgehead atoms. The maximum atomic E-state index is 15.8. The normalized spacial score (nSPS) is 15.7. The van der Waals surface area contributed by atoms with Crippen LogP contribution in [0.2, 0.25) is 0 Å². The molecule has 6 rings (SSSR count). The number of pyridine rings is 1. The van der Waals surface area contributed by atoms with Crippen molar-refractivity contribution in [3.8, 4) is 6.07 Å². The number of carbonyl (C=O) groups is 1. The van der Waals surface area contributed by atoms with Crippen molar-refractivity contribution in [2.24, 2.45) is 0 Å². The van der Waals surface area contributed by atoms with Gasteiger partial charge < -0.3 is 14.2 Å². The van der Waals surface area contributed by atoms with Gasteiger partial charge in [0.2, 0.25) is 5.91 Å². The van der Waals surface area contributed by atoms with Crippen LogP contribution in [0.15, 0.2) is 64.3 Å². The summed E-state index contributed by atoms with van der Waals surface area (Å²) in [6.45, 7) is 6.37. The zero-order valence-corrected chi connectivity index (χ0v) is 20.7. The maximum absolute atomic E-state index is 15.8. The second kappa shape index (κ2) is 9.02. The van der Waals surface area contributed by atoms with Gasteiger partial charge in [0.25, 0.3) is 0 Å². The smallest absolute Gasteiger partial charge is 0.356 e. The molecule has 0 saturated carbocycles. The van der Waals surface area contributed by atoms with Crippen LogP contribution in [0.3, 0.4) is 0 Å². The van der Waals surface area contributed by atoms with Crippen LogP contribution >= 0.6 is 0 Å². The summed E-state index contributed by atoms with van der Waals surface area (Å²) < 4.78 is 38.0. The Bertz CT molecular complexity index is 1990. The second-order valence-electron chi connectivity index (χ2n) is 9.25. The van der Waals surface area contributed by atoms with Crippen molar-refractivity contribution in [2.75, 3.05) is 24.5 Å². The Morgan fingerprint density at radius 2 is 1.92 bits per heavy atom. The van der Waals surface area contributed by atoms with Crippen LogP contribution in [0.5, 0.6) is 0 Å². The van der Waals surface area contributed by atoms with E-state index >= 15 is 8.78 Å². The first-order valence-corrected chi connectivity index (χ1v) is 12.1. The fourth-order valence-electron chi connectivity index (χ4n) is 5.17. The molecule has 1 aliphatic rings. The molecule has 2 aromatic carbocycles. The van der Waals surface area contributed by atoms with Crippen molar-refractivity contribution >= 4 is 50.3 Å². The van der Waals surface area contributed by atoms with E-state index in [0.717, 1.165) is 10.5 Å². The van der Waals surface area contributed by atoms with Crippen LogP contribution in [-0.4, -0.2) is 50.9 Å². The molecule has 194 valence electrons. The summed E-state index contributed by atoms with van der Waals surface area (Å²) in [7, 11) is 0. The van der Waals surface area contributed by atoms with E-state index in [2.05, 4.69) is 22.6 Å². The van der Waals surface area contributed by atoms with E-state index in [-0.39, 0.29) is 61.9 Å². The summed E-state index contributed by atoms with van der Waals surface area (Å²) in [5, 5.41) is 9.86. The Balaban J connectivity index is 1.78. The molecule has 1 saturated heterocycles. The summed E-state index contributed by atoms with van der Waals surface area (Å²) >= 11 is 0. The minimum atomic E-state index is -0.842.